The Bertz CT molecular complexity index is 185. The SMILES string of the molecule is CC1(C)CC(CN)CCN1C1CC1. The second kappa shape index (κ2) is 3.25. The van der Waals surface area contributed by atoms with Gasteiger partial charge in [0.2, 0.25) is 0 Å². The zero-order valence-corrected chi connectivity index (χ0v) is 8.92. The van der Waals surface area contributed by atoms with Crippen molar-refractivity contribution in [2.45, 2.75) is 51.1 Å². The summed E-state index contributed by atoms with van der Waals surface area (Å²) in [5, 5.41) is 0. The van der Waals surface area contributed by atoms with Crippen molar-refractivity contribution in [1.29, 1.82) is 0 Å². The topological polar surface area (TPSA) is 29.3 Å². The molecule has 1 aliphatic carbocycles. The number of nitrogens with two attached hydrogens (primary N) is 1. The van der Waals surface area contributed by atoms with Crippen molar-refractivity contribution >= 4 is 0 Å². The zero-order chi connectivity index (χ0) is 9.47. The smallest absolute Gasteiger partial charge is 0.0159 e. The predicted molar refractivity (Wildman–Crippen MR) is 55.6 cm³/mol. The van der Waals surface area contributed by atoms with E-state index in [0.717, 1.165) is 18.5 Å². The normalized spacial score (nSPS) is 34.8. The van der Waals surface area contributed by atoms with Gasteiger partial charge in [0.25, 0.3) is 0 Å². The molecule has 2 rings (SSSR count). The number of rotatable bonds is 2. The van der Waals surface area contributed by atoms with Gasteiger partial charge in [-0.3, -0.25) is 4.90 Å². The van der Waals surface area contributed by atoms with Gasteiger partial charge < -0.3 is 5.73 Å². The number of nitrogens with zero attached hydrogens (tertiary/aromatic N) is 1. The molecule has 0 amide bonds. The van der Waals surface area contributed by atoms with E-state index in [9.17, 15) is 0 Å². The third-order valence-electron chi connectivity index (χ3n) is 3.66. The standard InChI is InChI=1S/C11H22N2/c1-11(2)7-9(8-12)5-6-13(11)10-3-4-10/h9-10H,3-8,12H2,1-2H3. The molecule has 2 aliphatic rings. The molecular weight excluding hydrogens is 160 g/mol. The van der Waals surface area contributed by atoms with Gasteiger partial charge in [0.15, 0.2) is 0 Å². The minimum atomic E-state index is 0.406. The Balaban J connectivity index is 1.99. The predicted octanol–water partition coefficient (Wildman–Crippen LogP) is 1.60. The van der Waals surface area contributed by atoms with Crippen LogP contribution < -0.4 is 5.73 Å². The lowest BCUT2D eigenvalue weighted by molar-refractivity contribution is 0.0415. The molecule has 1 saturated carbocycles. The van der Waals surface area contributed by atoms with Crippen LogP contribution in [0.1, 0.15) is 39.5 Å². The summed E-state index contributed by atoms with van der Waals surface area (Å²) in [5.41, 5.74) is 6.15. The highest BCUT2D eigenvalue weighted by molar-refractivity contribution is 4.97. The van der Waals surface area contributed by atoms with E-state index in [1.165, 1.54) is 32.2 Å². The van der Waals surface area contributed by atoms with Crippen LogP contribution >= 0.6 is 0 Å². The first-order valence-corrected chi connectivity index (χ1v) is 5.60. The average molecular weight is 182 g/mol. The molecule has 0 aromatic carbocycles. The van der Waals surface area contributed by atoms with E-state index in [1.807, 2.05) is 0 Å². The van der Waals surface area contributed by atoms with Gasteiger partial charge in [-0.1, -0.05) is 0 Å². The molecule has 0 radical (unpaired) electrons. The Kier molecular flexibility index (Phi) is 2.37. The summed E-state index contributed by atoms with van der Waals surface area (Å²) < 4.78 is 0. The minimum Gasteiger partial charge on any atom is -0.330 e. The first-order valence-electron chi connectivity index (χ1n) is 5.60. The highest BCUT2D eigenvalue weighted by Crippen LogP contribution is 2.39. The zero-order valence-electron chi connectivity index (χ0n) is 8.92. The molecule has 76 valence electrons. The Morgan fingerprint density at radius 2 is 2.00 bits per heavy atom. The number of piperidine rings is 1. The lowest BCUT2D eigenvalue weighted by Crippen LogP contribution is -2.52. The Morgan fingerprint density at radius 1 is 1.31 bits per heavy atom. The maximum atomic E-state index is 5.74. The number of hydrogen-bond acceptors (Lipinski definition) is 2. The fourth-order valence-corrected chi connectivity index (χ4v) is 2.81. The van der Waals surface area contributed by atoms with E-state index in [-0.39, 0.29) is 0 Å². The summed E-state index contributed by atoms with van der Waals surface area (Å²) in [5.74, 6) is 0.769. The van der Waals surface area contributed by atoms with Crippen LogP contribution in [0.25, 0.3) is 0 Å². The van der Waals surface area contributed by atoms with Crippen LogP contribution in [0.3, 0.4) is 0 Å². The molecular formula is C11H22N2. The minimum absolute atomic E-state index is 0.406. The third kappa shape index (κ3) is 1.89. The van der Waals surface area contributed by atoms with Crippen molar-refractivity contribution in [2.24, 2.45) is 11.7 Å². The molecule has 1 aliphatic heterocycles. The lowest BCUT2D eigenvalue weighted by atomic mass is 9.82. The van der Waals surface area contributed by atoms with Gasteiger partial charge in [0.05, 0.1) is 0 Å². The Hall–Kier alpha value is -0.0800. The lowest BCUT2D eigenvalue weighted by Gasteiger charge is -2.46. The van der Waals surface area contributed by atoms with E-state index < -0.39 is 0 Å². The van der Waals surface area contributed by atoms with Crippen molar-refractivity contribution in [3.63, 3.8) is 0 Å². The maximum absolute atomic E-state index is 5.74. The number of hydrogen-bond donors (Lipinski definition) is 1. The van der Waals surface area contributed by atoms with Gasteiger partial charge in [0.1, 0.15) is 0 Å². The highest BCUT2D eigenvalue weighted by atomic mass is 15.2. The van der Waals surface area contributed by atoms with Gasteiger partial charge in [0, 0.05) is 11.6 Å². The van der Waals surface area contributed by atoms with Crippen LogP contribution in [0.2, 0.25) is 0 Å². The summed E-state index contributed by atoms with van der Waals surface area (Å²) in [6.07, 6.45) is 5.46. The van der Waals surface area contributed by atoms with Crippen LogP contribution in [0.5, 0.6) is 0 Å². The molecule has 0 spiro atoms. The molecule has 0 aromatic heterocycles. The van der Waals surface area contributed by atoms with Crippen LogP contribution in [0, 0.1) is 5.92 Å². The van der Waals surface area contributed by atoms with Gasteiger partial charge in [-0.2, -0.15) is 0 Å². The molecule has 13 heavy (non-hydrogen) atoms. The summed E-state index contributed by atoms with van der Waals surface area (Å²) in [6, 6.07) is 0.911. The van der Waals surface area contributed by atoms with Crippen LogP contribution in [-0.2, 0) is 0 Å². The van der Waals surface area contributed by atoms with Crippen LogP contribution in [0.4, 0.5) is 0 Å². The molecule has 1 unspecified atom stereocenters. The summed E-state index contributed by atoms with van der Waals surface area (Å²) >= 11 is 0. The Labute approximate surface area is 81.5 Å². The molecule has 0 aromatic rings. The van der Waals surface area contributed by atoms with Crippen molar-refractivity contribution in [3.8, 4) is 0 Å². The molecule has 2 nitrogen and oxygen atoms in total. The van der Waals surface area contributed by atoms with E-state index in [4.69, 9.17) is 5.73 Å². The second-order valence-corrected chi connectivity index (χ2v) is 5.33. The third-order valence-corrected chi connectivity index (χ3v) is 3.66. The van der Waals surface area contributed by atoms with Crippen molar-refractivity contribution in [2.75, 3.05) is 13.1 Å². The van der Waals surface area contributed by atoms with Gasteiger partial charge >= 0.3 is 0 Å². The number of likely N-dealkylation sites (tertiary alicyclic amines) is 1. The van der Waals surface area contributed by atoms with Crippen molar-refractivity contribution in [1.82, 2.24) is 4.90 Å². The molecule has 2 fully saturated rings. The maximum Gasteiger partial charge on any atom is 0.0159 e. The summed E-state index contributed by atoms with van der Waals surface area (Å²) in [7, 11) is 0. The molecule has 2 heteroatoms. The molecule has 2 N–H and O–H groups in total. The van der Waals surface area contributed by atoms with Gasteiger partial charge in [-0.05, 0) is 58.5 Å². The fourth-order valence-electron chi connectivity index (χ4n) is 2.81. The molecule has 1 heterocycles. The van der Waals surface area contributed by atoms with Crippen molar-refractivity contribution in [3.05, 3.63) is 0 Å². The molecule has 1 saturated heterocycles. The van der Waals surface area contributed by atoms with E-state index in [2.05, 4.69) is 18.7 Å². The van der Waals surface area contributed by atoms with E-state index in [1.54, 1.807) is 0 Å². The Morgan fingerprint density at radius 3 is 2.46 bits per heavy atom. The van der Waals surface area contributed by atoms with Crippen LogP contribution in [0.15, 0.2) is 0 Å². The summed E-state index contributed by atoms with van der Waals surface area (Å²) in [4.78, 5) is 2.71. The van der Waals surface area contributed by atoms with Gasteiger partial charge in [-0.25, -0.2) is 0 Å². The highest BCUT2D eigenvalue weighted by Gasteiger charge is 2.41. The van der Waals surface area contributed by atoms with E-state index >= 15 is 0 Å². The van der Waals surface area contributed by atoms with Gasteiger partial charge in [-0.15, -0.1) is 0 Å². The molecule has 1 atom stereocenters. The quantitative estimate of drug-likeness (QED) is 0.703. The summed E-state index contributed by atoms with van der Waals surface area (Å²) in [6.45, 7) is 6.92. The van der Waals surface area contributed by atoms with Crippen LogP contribution in [-0.4, -0.2) is 29.6 Å². The first kappa shape index (κ1) is 9.47. The fraction of sp³-hybridized carbons (Fsp3) is 1.00. The monoisotopic (exact) mass is 182 g/mol. The van der Waals surface area contributed by atoms with E-state index in [0.29, 0.717) is 5.54 Å². The average Bonchev–Trinajstić information content (AvgIpc) is 2.85. The van der Waals surface area contributed by atoms with Crippen molar-refractivity contribution < 1.29 is 0 Å². The first-order chi connectivity index (χ1) is 6.13. The second-order valence-electron chi connectivity index (χ2n) is 5.33. The largest absolute Gasteiger partial charge is 0.330 e. The molecule has 0 bridgehead atoms.